The number of carbonyl (C=O) groups excluding carboxylic acids is 2. The second-order valence-corrected chi connectivity index (χ2v) is 4.49. The van der Waals surface area contributed by atoms with E-state index in [0.717, 1.165) is 11.1 Å². The van der Waals surface area contributed by atoms with Crippen molar-refractivity contribution in [1.29, 1.82) is 0 Å². The van der Waals surface area contributed by atoms with Crippen molar-refractivity contribution in [2.24, 2.45) is 0 Å². The minimum absolute atomic E-state index is 0.113. The van der Waals surface area contributed by atoms with Crippen LogP contribution < -0.4 is 0 Å². The van der Waals surface area contributed by atoms with E-state index in [1.54, 1.807) is 18.2 Å². The molecule has 0 fully saturated rings. The highest BCUT2D eigenvalue weighted by Gasteiger charge is 2.11. The van der Waals surface area contributed by atoms with Crippen molar-refractivity contribution in [3.05, 3.63) is 70.8 Å². The monoisotopic (exact) mass is 262 g/mol. The summed E-state index contributed by atoms with van der Waals surface area (Å²) in [6, 6.07) is 14.7. The van der Waals surface area contributed by atoms with Gasteiger partial charge in [-0.2, -0.15) is 0 Å². The van der Waals surface area contributed by atoms with Gasteiger partial charge >= 0.3 is 0 Å². The second-order valence-electron chi connectivity index (χ2n) is 4.49. The van der Waals surface area contributed by atoms with E-state index >= 15 is 0 Å². The normalized spacial score (nSPS) is 9.50. The maximum absolute atomic E-state index is 11.6. The topological polar surface area (TPSA) is 34.1 Å². The lowest BCUT2D eigenvalue weighted by molar-refractivity contribution is 0.0981. The number of hydrogen-bond donors (Lipinski definition) is 0. The van der Waals surface area contributed by atoms with Crippen LogP contribution in [0.4, 0.5) is 0 Å². The van der Waals surface area contributed by atoms with Gasteiger partial charge in [-0.1, -0.05) is 30.0 Å². The number of benzene rings is 2. The summed E-state index contributed by atoms with van der Waals surface area (Å²) in [5.74, 6) is 5.80. The molecule has 2 nitrogen and oxygen atoms in total. The maximum atomic E-state index is 11.6. The molecule has 0 heterocycles. The highest BCUT2D eigenvalue weighted by Crippen LogP contribution is 2.13. The van der Waals surface area contributed by atoms with Crippen LogP contribution in [0.3, 0.4) is 0 Å². The second kappa shape index (κ2) is 5.99. The molecule has 0 saturated heterocycles. The Morgan fingerprint density at radius 1 is 0.750 bits per heavy atom. The number of ketones is 2. The van der Waals surface area contributed by atoms with Crippen LogP contribution in [0, 0.1) is 11.8 Å². The Morgan fingerprint density at radius 2 is 1.35 bits per heavy atom. The molecule has 0 spiro atoms. The van der Waals surface area contributed by atoms with Crippen molar-refractivity contribution in [2.75, 3.05) is 0 Å². The minimum Gasteiger partial charge on any atom is -0.294 e. The first kappa shape index (κ1) is 13.8. The molecule has 0 aromatic heterocycles. The molecule has 0 aliphatic rings. The third kappa shape index (κ3) is 3.21. The van der Waals surface area contributed by atoms with Gasteiger partial charge in [-0.05, 0) is 44.2 Å². The SMILES string of the molecule is CC(=O)c1ccc(C#Cc2ccccc2)cc1C(C)=O. The van der Waals surface area contributed by atoms with Crippen molar-refractivity contribution in [3.63, 3.8) is 0 Å². The molecule has 0 unspecified atom stereocenters. The van der Waals surface area contributed by atoms with E-state index in [-0.39, 0.29) is 11.6 Å². The number of hydrogen-bond acceptors (Lipinski definition) is 2. The summed E-state index contributed by atoms with van der Waals surface area (Å²) in [7, 11) is 0. The fraction of sp³-hybridized carbons (Fsp3) is 0.111. The van der Waals surface area contributed by atoms with Crippen LogP contribution in [0.25, 0.3) is 0 Å². The average molecular weight is 262 g/mol. The molecule has 0 aliphatic heterocycles. The van der Waals surface area contributed by atoms with E-state index in [2.05, 4.69) is 11.8 Å². The lowest BCUT2D eigenvalue weighted by Gasteiger charge is -2.03. The molecular formula is C18H14O2. The average Bonchev–Trinajstić information content (AvgIpc) is 2.45. The van der Waals surface area contributed by atoms with E-state index in [4.69, 9.17) is 0 Å². The highest BCUT2D eigenvalue weighted by molar-refractivity contribution is 6.07. The Balaban J connectivity index is 2.40. The highest BCUT2D eigenvalue weighted by atomic mass is 16.1. The van der Waals surface area contributed by atoms with Crippen molar-refractivity contribution < 1.29 is 9.59 Å². The zero-order valence-electron chi connectivity index (χ0n) is 11.4. The smallest absolute Gasteiger partial charge is 0.160 e. The molecular weight excluding hydrogens is 248 g/mol. The van der Waals surface area contributed by atoms with Crippen molar-refractivity contribution in [3.8, 4) is 11.8 Å². The molecule has 2 rings (SSSR count). The van der Waals surface area contributed by atoms with Gasteiger partial charge in [-0.25, -0.2) is 0 Å². The fourth-order valence-corrected chi connectivity index (χ4v) is 1.89. The Bertz CT molecular complexity index is 716. The number of carbonyl (C=O) groups is 2. The Labute approximate surface area is 118 Å². The molecule has 2 aromatic rings. The van der Waals surface area contributed by atoms with E-state index in [0.29, 0.717) is 11.1 Å². The summed E-state index contributed by atoms with van der Waals surface area (Å²) in [6.07, 6.45) is 0. The van der Waals surface area contributed by atoms with Crippen LogP contribution in [-0.2, 0) is 0 Å². The zero-order chi connectivity index (χ0) is 14.5. The molecule has 0 N–H and O–H groups in total. The van der Waals surface area contributed by atoms with Crippen molar-refractivity contribution in [1.82, 2.24) is 0 Å². The van der Waals surface area contributed by atoms with E-state index < -0.39 is 0 Å². The third-order valence-corrected chi connectivity index (χ3v) is 2.90. The number of rotatable bonds is 2. The first-order valence-electron chi connectivity index (χ1n) is 6.31. The fourth-order valence-electron chi connectivity index (χ4n) is 1.89. The molecule has 0 bridgehead atoms. The predicted molar refractivity (Wildman–Crippen MR) is 78.9 cm³/mol. The zero-order valence-corrected chi connectivity index (χ0v) is 11.4. The molecule has 2 heteroatoms. The predicted octanol–water partition coefficient (Wildman–Crippen LogP) is 3.49. The van der Waals surface area contributed by atoms with Crippen LogP contribution >= 0.6 is 0 Å². The maximum Gasteiger partial charge on any atom is 0.160 e. The minimum atomic E-state index is -0.126. The van der Waals surface area contributed by atoms with Crippen molar-refractivity contribution in [2.45, 2.75) is 13.8 Å². The molecule has 2 aromatic carbocycles. The van der Waals surface area contributed by atoms with E-state index in [9.17, 15) is 9.59 Å². The Morgan fingerprint density at radius 3 is 1.95 bits per heavy atom. The first-order valence-corrected chi connectivity index (χ1v) is 6.31. The molecule has 0 amide bonds. The summed E-state index contributed by atoms with van der Waals surface area (Å²) >= 11 is 0. The van der Waals surface area contributed by atoms with Gasteiger partial charge in [0, 0.05) is 22.3 Å². The van der Waals surface area contributed by atoms with Gasteiger partial charge in [0.05, 0.1) is 0 Å². The third-order valence-electron chi connectivity index (χ3n) is 2.90. The molecule has 0 radical (unpaired) electrons. The van der Waals surface area contributed by atoms with Crippen LogP contribution in [-0.4, -0.2) is 11.6 Å². The lowest BCUT2D eigenvalue weighted by Crippen LogP contribution is -2.04. The van der Waals surface area contributed by atoms with Gasteiger partial charge in [0.15, 0.2) is 11.6 Å². The Hall–Kier alpha value is -2.66. The summed E-state index contributed by atoms with van der Waals surface area (Å²) in [4.78, 5) is 23.1. The van der Waals surface area contributed by atoms with Crippen molar-refractivity contribution >= 4 is 11.6 Å². The summed E-state index contributed by atoms with van der Waals surface area (Å²) < 4.78 is 0. The standard InChI is InChI=1S/C18H14O2/c1-13(19)17-11-10-16(12-18(17)14(2)20)9-8-15-6-4-3-5-7-15/h3-7,10-12H,1-2H3. The van der Waals surface area contributed by atoms with Gasteiger partial charge in [-0.3, -0.25) is 9.59 Å². The molecule has 20 heavy (non-hydrogen) atoms. The van der Waals surface area contributed by atoms with E-state index in [1.807, 2.05) is 30.3 Å². The van der Waals surface area contributed by atoms with Crippen LogP contribution in [0.5, 0.6) is 0 Å². The van der Waals surface area contributed by atoms with Crippen LogP contribution in [0.1, 0.15) is 45.7 Å². The van der Waals surface area contributed by atoms with Gasteiger partial charge in [0.2, 0.25) is 0 Å². The van der Waals surface area contributed by atoms with Crippen LogP contribution in [0.15, 0.2) is 48.5 Å². The Kier molecular flexibility index (Phi) is 4.12. The number of Topliss-reactive ketones (excluding diaryl/α,β-unsaturated/α-hetero) is 2. The molecule has 98 valence electrons. The van der Waals surface area contributed by atoms with Gasteiger partial charge in [0.1, 0.15) is 0 Å². The van der Waals surface area contributed by atoms with Gasteiger partial charge in [-0.15, -0.1) is 0 Å². The summed E-state index contributed by atoms with van der Waals surface area (Å²) in [5.41, 5.74) is 2.51. The van der Waals surface area contributed by atoms with Crippen LogP contribution in [0.2, 0.25) is 0 Å². The largest absolute Gasteiger partial charge is 0.294 e. The van der Waals surface area contributed by atoms with Gasteiger partial charge in [0.25, 0.3) is 0 Å². The van der Waals surface area contributed by atoms with Gasteiger partial charge < -0.3 is 0 Å². The molecule has 0 atom stereocenters. The molecule has 0 aliphatic carbocycles. The quantitative estimate of drug-likeness (QED) is 0.613. The van der Waals surface area contributed by atoms with E-state index in [1.165, 1.54) is 13.8 Å². The summed E-state index contributed by atoms with van der Waals surface area (Å²) in [5, 5.41) is 0. The lowest BCUT2D eigenvalue weighted by atomic mass is 9.98. The molecule has 0 saturated carbocycles. The summed E-state index contributed by atoms with van der Waals surface area (Å²) in [6.45, 7) is 2.91. The first-order chi connectivity index (χ1) is 9.58.